The Morgan fingerprint density at radius 2 is 2.09 bits per heavy atom. The minimum atomic E-state index is -0.430. The standard InChI is InChI=1S/C15H15BrN2O3S/c1-3-11-6-12(15(20)21-4-2)14(22-11)18-13(19)9-5-10(16)8-17-7-9/h5-8H,3-4H2,1-2H3,(H,18,19). The normalized spacial score (nSPS) is 10.3. The molecule has 0 aliphatic heterocycles. The van der Waals surface area contributed by atoms with Gasteiger partial charge in [0.15, 0.2) is 0 Å². The summed E-state index contributed by atoms with van der Waals surface area (Å²) in [7, 11) is 0. The molecule has 0 aliphatic carbocycles. The molecule has 0 aromatic carbocycles. The van der Waals surface area contributed by atoms with Crippen LogP contribution in [0.2, 0.25) is 0 Å². The molecule has 0 spiro atoms. The molecule has 2 rings (SSSR count). The largest absolute Gasteiger partial charge is 0.462 e. The SMILES string of the molecule is CCOC(=O)c1cc(CC)sc1NC(=O)c1cncc(Br)c1. The van der Waals surface area contributed by atoms with Crippen LogP contribution in [0.5, 0.6) is 0 Å². The maximum Gasteiger partial charge on any atom is 0.341 e. The van der Waals surface area contributed by atoms with E-state index in [0.29, 0.717) is 27.2 Å². The van der Waals surface area contributed by atoms with Gasteiger partial charge in [0.05, 0.1) is 17.7 Å². The van der Waals surface area contributed by atoms with Crippen LogP contribution in [0.4, 0.5) is 5.00 Å². The van der Waals surface area contributed by atoms with Gasteiger partial charge in [0.25, 0.3) is 5.91 Å². The third kappa shape index (κ3) is 3.92. The number of amides is 1. The molecule has 1 N–H and O–H groups in total. The van der Waals surface area contributed by atoms with E-state index in [1.165, 1.54) is 17.5 Å². The number of thiophene rings is 1. The topological polar surface area (TPSA) is 68.3 Å². The number of ether oxygens (including phenoxy) is 1. The Hall–Kier alpha value is -1.73. The first-order valence-corrected chi connectivity index (χ1v) is 8.37. The molecule has 116 valence electrons. The molecule has 2 heterocycles. The molecule has 1 amide bonds. The van der Waals surface area contributed by atoms with Crippen molar-refractivity contribution in [2.24, 2.45) is 0 Å². The Morgan fingerprint density at radius 1 is 1.32 bits per heavy atom. The third-order valence-corrected chi connectivity index (χ3v) is 4.45. The highest BCUT2D eigenvalue weighted by Crippen LogP contribution is 2.29. The van der Waals surface area contributed by atoms with Gasteiger partial charge in [0, 0.05) is 21.7 Å². The van der Waals surface area contributed by atoms with Gasteiger partial charge in [-0.2, -0.15) is 0 Å². The first-order valence-electron chi connectivity index (χ1n) is 6.76. The predicted octanol–water partition coefficient (Wildman–Crippen LogP) is 3.90. The first kappa shape index (κ1) is 16.6. The molecule has 2 aromatic heterocycles. The van der Waals surface area contributed by atoms with Gasteiger partial charge in [-0.15, -0.1) is 11.3 Å². The van der Waals surface area contributed by atoms with Crippen LogP contribution in [0, 0.1) is 0 Å². The molecule has 2 aromatic rings. The zero-order valence-corrected chi connectivity index (χ0v) is 14.6. The summed E-state index contributed by atoms with van der Waals surface area (Å²) in [6.45, 7) is 4.03. The monoisotopic (exact) mass is 382 g/mol. The fraction of sp³-hybridized carbons (Fsp3) is 0.267. The van der Waals surface area contributed by atoms with Gasteiger partial charge in [0.2, 0.25) is 0 Å². The molecule has 0 unspecified atom stereocenters. The number of nitrogens with zero attached hydrogens (tertiary/aromatic N) is 1. The van der Waals surface area contributed by atoms with Gasteiger partial charge < -0.3 is 10.1 Å². The number of esters is 1. The van der Waals surface area contributed by atoms with Crippen molar-refractivity contribution in [1.29, 1.82) is 0 Å². The first-order chi connectivity index (χ1) is 10.5. The number of nitrogens with one attached hydrogen (secondary N) is 1. The molecule has 0 saturated heterocycles. The van der Waals surface area contributed by atoms with E-state index in [1.807, 2.05) is 6.92 Å². The minimum absolute atomic E-state index is 0.291. The summed E-state index contributed by atoms with van der Waals surface area (Å²) in [5.41, 5.74) is 0.802. The van der Waals surface area contributed by atoms with E-state index >= 15 is 0 Å². The second-order valence-corrected chi connectivity index (χ2v) is 6.43. The molecule has 22 heavy (non-hydrogen) atoms. The summed E-state index contributed by atoms with van der Waals surface area (Å²) in [5.74, 6) is -0.745. The van der Waals surface area contributed by atoms with Crippen LogP contribution in [-0.2, 0) is 11.2 Å². The Bertz CT molecular complexity index is 700. The number of halogens is 1. The van der Waals surface area contributed by atoms with Crippen LogP contribution in [-0.4, -0.2) is 23.5 Å². The van der Waals surface area contributed by atoms with Crippen molar-refractivity contribution in [3.63, 3.8) is 0 Å². The number of carbonyl (C=O) groups is 2. The fourth-order valence-electron chi connectivity index (χ4n) is 1.78. The van der Waals surface area contributed by atoms with Gasteiger partial charge >= 0.3 is 5.97 Å². The van der Waals surface area contributed by atoms with Crippen molar-refractivity contribution in [3.05, 3.63) is 45.0 Å². The molecule has 0 aliphatic rings. The third-order valence-electron chi connectivity index (χ3n) is 2.82. The van der Waals surface area contributed by atoms with Crippen LogP contribution in [0.25, 0.3) is 0 Å². The summed E-state index contributed by atoms with van der Waals surface area (Å²) in [5, 5.41) is 3.27. The molecule has 0 atom stereocenters. The summed E-state index contributed by atoms with van der Waals surface area (Å²) in [6, 6.07) is 3.43. The molecular weight excluding hydrogens is 368 g/mol. The van der Waals surface area contributed by atoms with Crippen LogP contribution in [0.1, 0.15) is 39.4 Å². The molecular formula is C15H15BrN2O3S. The van der Waals surface area contributed by atoms with E-state index in [0.717, 1.165) is 11.3 Å². The van der Waals surface area contributed by atoms with Crippen LogP contribution < -0.4 is 5.32 Å². The van der Waals surface area contributed by atoms with Crippen molar-refractivity contribution < 1.29 is 14.3 Å². The average molecular weight is 383 g/mol. The second-order valence-electron chi connectivity index (χ2n) is 4.38. The number of carbonyl (C=O) groups excluding carboxylic acids is 2. The van der Waals surface area contributed by atoms with Crippen molar-refractivity contribution in [2.45, 2.75) is 20.3 Å². The lowest BCUT2D eigenvalue weighted by Crippen LogP contribution is -2.14. The van der Waals surface area contributed by atoms with Gasteiger partial charge in [-0.05, 0) is 41.4 Å². The van der Waals surface area contributed by atoms with Crippen LogP contribution >= 0.6 is 27.3 Å². The molecule has 0 fully saturated rings. The van der Waals surface area contributed by atoms with E-state index in [4.69, 9.17) is 4.74 Å². The van der Waals surface area contributed by atoms with E-state index < -0.39 is 5.97 Å². The molecule has 0 bridgehead atoms. The molecule has 7 heteroatoms. The lowest BCUT2D eigenvalue weighted by atomic mass is 10.2. The van der Waals surface area contributed by atoms with Gasteiger partial charge in [-0.1, -0.05) is 6.92 Å². The molecule has 5 nitrogen and oxygen atoms in total. The highest BCUT2D eigenvalue weighted by molar-refractivity contribution is 9.10. The van der Waals surface area contributed by atoms with Crippen molar-refractivity contribution in [3.8, 4) is 0 Å². The second kappa shape index (κ2) is 7.51. The fourth-order valence-corrected chi connectivity index (χ4v) is 3.13. The number of hydrogen-bond donors (Lipinski definition) is 1. The van der Waals surface area contributed by atoms with E-state index in [2.05, 4.69) is 26.2 Å². The summed E-state index contributed by atoms with van der Waals surface area (Å²) in [4.78, 5) is 29.2. The molecule has 0 saturated carbocycles. The minimum Gasteiger partial charge on any atom is -0.462 e. The maximum atomic E-state index is 12.3. The Labute approximate surface area is 140 Å². The summed E-state index contributed by atoms with van der Waals surface area (Å²) < 4.78 is 5.74. The van der Waals surface area contributed by atoms with Crippen molar-refractivity contribution in [2.75, 3.05) is 11.9 Å². The lowest BCUT2D eigenvalue weighted by molar-refractivity contribution is 0.0528. The van der Waals surface area contributed by atoms with Crippen molar-refractivity contribution in [1.82, 2.24) is 4.98 Å². The van der Waals surface area contributed by atoms with Crippen molar-refractivity contribution >= 4 is 44.1 Å². The number of pyridine rings is 1. The highest BCUT2D eigenvalue weighted by atomic mass is 79.9. The van der Waals surface area contributed by atoms with Gasteiger partial charge in [-0.3, -0.25) is 9.78 Å². The highest BCUT2D eigenvalue weighted by Gasteiger charge is 2.19. The zero-order valence-electron chi connectivity index (χ0n) is 12.2. The zero-order chi connectivity index (χ0) is 16.1. The predicted molar refractivity (Wildman–Crippen MR) is 89.5 cm³/mol. The van der Waals surface area contributed by atoms with Crippen LogP contribution in [0.3, 0.4) is 0 Å². The van der Waals surface area contributed by atoms with E-state index in [9.17, 15) is 9.59 Å². The summed E-state index contributed by atoms with van der Waals surface area (Å²) in [6.07, 6.45) is 3.85. The summed E-state index contributed by atoms with van der Waals surface area (Å²) >= 11 is 4.65. The number of aryl methyl sites for hydroxylation is 1. The molecule has 0 radical (unpaired) electrons. The number of aromatic nitrogens is 1. The quantitative estimate of drug-likeness (QED) is 0.796. The maximum absolute atomic E-state index is 12.3. The van der Waals surface area contributed by atoms with Crippen LogP contribution in [0.15, 0.2) is 29.0 Å². The smallest absolute Gasteiger partial charge is 0.341 e. The van der Waals surface area contributed by atoms with E-state index in [1.54, 1.807) is 25.3 Å². The lowest BCUT2D eigenvalue weighted by Gasteiger charge is -2.06. The number of anilines is 1. The Morgan fingerprint density at radius 3 is 2.73 bits per heavy atom. The average Bonchev–Trinajstić information content (AvgIpc) is 2.90. The Balaban J connectivity index is 2.26. The van der Waals surface area contributed by atoms with E-state index in [-0.39, 0.29) is 5.91 Å². The van der Waals surface area contributed by atoms with Gasteiger partial charge in [0.1, 0.15) is 5.00 Å². The number of rotatable bonds is 5. The van der Waals surface area contributed by atoms with Gasteiger partial charge in [-0.25, -0.2) is 4.79 Å². The number of hydrogen-bond acceptors (Lipinski definition) is 5. The Kier molecular flexibility index (Phi) is 5.68.